The van der Waals surface area contributed by atoms with Crippen LogP contribution < -0.4 is 5.14 Å². The minimum absolute atomic E-state index is 0.204. The van der Waals surface area contributed by atoms with Crippen LogP contribution in [0.2, 0.25) is 0 Å². The molecule has 1 aliphatic rings. The molecule has 1 saturated heterocycles. The van der Waals surface area contributed by atoms with E-state index in [2.05, 4.69) is 9.88 Å². The molecule has 5 heteroatoms. The van der Waals surface area contributed by atoms with E-state index in [-0.39, 0.29) is 6.10 Å². The fraction of sp³-hybridized carbons (Fsp3) is 1.00. The fourth-order valence-corrected chi connectivity index (χ4v) is 1.38. The van der Waals surface area contributed by atoms with Crippen molar-refractivity contribution in [2.45, 2.75) is 18.5 Å². The molecule has 0 radical (unpaired) electrons. The van der Waals surface area contributed by atoms with E-state index in [1.165, 1.54) is 0 Å². The monoisotopic (exact) mass is 137 g/mol. The number of hydrogen-bond donors (Lipinski definition) is 1. The van der Waals surface area contributed by atoms with Crippen LogP contribution in [0.4, 0.5) is 0 Å². The van der Waals surface area contributed by atoms with Crippen molar-refractivity contribution in [3.05, 3.63) is 0 Å². The molecule has 1 heterocycles. The van der Waals surface area contributed by atoms with E-state index >= 15 is 0 Å². The van der Waals surface area contributed by atoms with Crippen LogP contribution >= 0.6 is 0 Å². The molecule has 48 valence electrons. The van der Waals surface area contributed by atoms with Gasteiger partial charge in [0.25, 0.3) is 0 Å². The molecule has 1 rings (SSSR count). The zero-order valence-corrected chi connectivity index (χ0v) is 5.18. The fourth-order valence-electron chi connectivity index (χ4n) is 0.511. The first-order valence-electron chi connectivity index (χ1n) is 2.19. The average molecular weight is 137 g/mol. The predicted molar refractivity (Wildman–Crippen MR) is 27.4 cm³/mol. The van der Waals surface area contributed by atoms with Gasteiger partial charge in [0.2, 0.25) is 10.0 Å². The second-order valence-corrected chi connectivity index (χ2v) is 3.44. The van der Waals surface area contributed by atoms with Crippen molar-refractivity contribution in [3.8, 4) is 0 Å². The van der Waals surface area contributed by atoms with Gasteiger partial charge < -0.3 is 4.74 Å². The van der Waals surface area contributed by atoms with Crippen molar-refractivity contribution in [2.24, 2.45) is 5.14 Å². The summed E-state index contributed by atoms with van der Waals surface area (Å²) in [6.07, 6.45) is -0.204. The smallest absolute Gasteiger partial charge is 0.238 e. The Balaban J connectivity index is 2.66. The third-order valence-corrected chi connectivity index (χ3v) is 2.12. The molecule has 0 saturated carbocycles. The molecular weight excluding hydrogens is 130 g/mol. The minimum Gasteiger partial charge on any atom is -0.351 e. The lowest BCUT2D eigenvalue weighted by Gasteiger charge is -1.83. The summed E-state index contributed by atoms with van der Waals surface area (Å²) in [5.41, 5.74) is -0.734. The van der Waals surface area contributed by atoms with Gasteiger partial charge in [0.1, 0.15) is 0 Å². The summed E-state index contributed by atoms with van der Waals surface area (Å²) >= 11 is 0. The van der Waals surface area contributed by atoms with Gasteiger partial charge >= 0.3 is 0 Å². The van der Waals surface area contributed by atoms with Crippen molar-refractivity contribution in [3.63, 3.8) is 0 Å². The Morgan fingerprint density at radius 2 is 2.00 bits per heavy atom. The highest BCUT2D eigenvalue weighted by Crippen LogP contribution is 2.23. The molecule has 1 aliphatic heterocycles. The summed E-state index contributed by atoms with van der Waals surface area (Å²) in [5, 5.41) is 4.68. The molecule has 2 N–H and O–H groups in total. The number of nitrogens with two attached hydrogens (primary N) is 1. The van der Waals surface area contributed by atoms with E-state index in [9.17, 15) is 8.42 Å². The second-order valence-electron chi connectivity index (χ2n) is 1.80. The maximum atomic E-state index is 10.3. The normalized spacial score (nSPS) is 37.2. The van der Waals surface area contributed by atoms with Gasteiger partial charge in [0.15, 0.2) is 5.44 Å². The van der Waals surface area contributed by atoms with Gasteiger partial charge in [0.05, 0.1) is 6.10 Å². The van der Waals surface area contributed by atoms with Gasteiger partial charge in [-0.2, -0.15) is 0 Å². The quantitative estimate of drug-likeness (QED) is 0.472. The van der Waals surface area contributed by atoms with Crippen molar-refractivity contribution >= 4 is 10.0 Å². The summed E-state index contributed by atoms with van der Waals surface area (Å²) in [5.74, 6) is 0. The van der Waals surface area contributed by atoms with Crippen LogP contribution in [0.15, 0.2) is 0 Å². The summed E-state index contributed by atoms with van der Waals surface area (Å²) in [4.78, 5) is 0. The maximum Gasteiger partial charge on any atom is 0.238 e. The lowest BCUT2D eigenvalue weighted by atomic mass is 10.6. The molecule has 0 spiro atoms. The van der Waals surface area contributed by atoms with Crippen molar-refractivity contribution in [1.82, 2.24) is 0 Å². The Hall–Kier alpha value is -0.130. The van der Waals surface area contributed by atoms with E-state index < -0.39 is 15.5 Å². The lowest BCUT2D eigenvalue weighted by molar-refractivity contribution is 0.405. The highest BCUT2D eigenvalue weighted by molar-refractivity contribution is 7.89. The summed E-state index contributed by atoms with van der Waals surface area (Å²) in [6.45, 7) is 1.66. The molecule has 2 unspecified atom stereocenters. The molecule has 0 bridgehead atoms. The zero-order chi connectivity index (χ0) is 6.36. The largest absolute Gasteiger partial charge is 0.351 e. The highest BCUT2D eigenvalue weighted by atomic mass is 32.2. The molecule has 0 aliphatic carbocycles. The van der Waals surface area contributed by atoms with E-state index in [1.54, 1.807) is 6.92 Å². The van der Waals surface area contributed by atoms with Crippen LogP contribution in [0.3, 0.4) is 0 Å². The first-order valence-corrected chi connectivity index (χ1v) is 3.80. The van der Waals surface area contributed by atoms with Gasteiger partial charge in [-0.15, -0.1) is 0 Å². The molecule has 0 aromatic carbocycles. The molecule has 0 aromatic rings. The Morgan fingerprint density at radius 3 is 2.00 bits per heavy atom. The van der Waals surface area contributed by atoms with Crippen LogP contribution in [-0.2, 0) is 14.8 Å². The van der Waals surface area contributed by atoms with E-state index in [0.29, 0.717) is 0 Å². The first-order chi connectivity index (χ1) is 3.52. The summed E-state index contributed by atoms with van der Waals surface area (Å²) in [6, 6.07) is 0. The lowest BCUT2D eigenvalue weighted by Crippen LogP contribution is -2.19. The van der Waals surface area contributed by atoms with Crippen LogP contribution in [0.25, 0.3) is 0 Å². The Bertz CT molecular complexity index is 185. The van der Waals surface area contributed by atoms with Gasteiger partial charge in [0, 0.05) is 0 Å². The Kier molecular flexibility index (Phi) is 1.07. The summed E-state index contributed by atoms with van der Waals surface area (Å²) in [7, 11) is -3.40. The molecule has 4 nitrogen and oxygen atoms in total. The minimum atomic E-state index is -3.40. The topological polar surface area (TPSA) is 72.7 Å². The maximum absolute atomic E-state index is 10.3. The number of sulfonamides is 1. The molecule has 0 amide bonds. The van der Waals surface area contributed by atoms with Crippen LogP contribution in [0.5, 0.6) is 0 Å². The van der Waals surface area contributed by atoms with Crippen molar-refractivity contribution in [2.75, 3.05) is 0 Å². The van der Waals surface area contributed by atoms with Gasteiger partial charge in [-0.1, -0.05) is 0 Å². The second kappa shape index (κ2) is 1.43. The van der Waals surface area contributed by atoms with Gasteiger partial charge in [-0.05, 0) is 6.92 Å². The van der Waals surface area contributed by atoms with E-state index in [4.69, 9.17) is 0 Å². The van der Waals surface area contributed by atoms with Gasteiger partial charge in [-0.25, -0.2) is 13.6 Å². The van der Waals surface area contributed by atoms with Crippen LogP contribution in [0.1, 0.15) is 6.92 Å². The first kappa shape index (κ1) is 6.00. The van der Waals surface area contributed by atoms with E-state index in [1.807, 2.05) is 0 Å². The Morgan fingerprint density at radius 1 is 1.62 bits per heavy atom. The SMILES string of the molecule is CC1OC1S(N)(=O)=O. The molecular formula is C3H7NO3S. The highest BCUT2D eigenvalue weighted by Gasteiger charge is 2.43. The van der Waals surface area contributed by atoms with Gasteiger partial charge in [-0.3, -0.25) is 0 Å². The standard InChI is InChI=1S/C3H7NO3S/c1-2-3(7-2)8(4,5)6/h2-3H,1H3,(H2,4,5,6). The van der Waals surface area contributed by atoms with Crippen molar-refractivity contribution in [1.29, 1.82) is 0 Å². The number of ether oxygens (including phenoxy) is 1. The molecule has 1 fully saturated rings. The molecule has 2 atom stereocenters. The van der Waals surface area contributed by atoms with Crippen LogP contribution in [0, 0.1) is 0 Å². The third kappa shape index (κ3) is 0.988. The average Bonchev–Trinajstić information content (AvgIpc) is 2.13. The van der Waals surface area contributed by atoms with Crippen LogP contribution in [-0.4, -0.2) is 20.0 Å². The number of epoxide rings is 1. The van der Waals surface area contributed by atoms with E-state index in [0.717, 1.165) is 0 Å². The predicted octanol–water partition coefficient (Wildman–Crippen LogP) is -0.980. The number of hydrogen-bond acceptors (Lipinski definition) is 3. The summed E-state index contributed by atoms with van der Waals surface area (Å²) < 4.78 is 25.1. The third-order valence-electron chi connectivity index (χ3n) is 0.979. The molecule has 8 heavy (non-hydrogen) atoms. The zero-order valence-electron chi connectivity index (χ0n) is 4.37. The molecule has 0 aromatic heterocycles. The number of primary sulfonamides is 1. The Labute approximate surface area is 47.7 Å². The van der Waals surface area contributed by atoms with Crippen molar-refractivity contribution < 1.29 is 13.2 Å². The number of rotatable bonds is 1.